The van der Waals surface area contributed by atoms with Crippen LogP contribution in [-0.4, -0.2) is 35.4 Å². The van der Waals surface area contributed by atoms with Gasteiger partial charge < -0.3 is 11.1 Å². The van der Waals surface area contributed by atoms with E-state index in [9.17, 15) is 0 Å². The van der Waals surface area contributed by atoms with Crippen molar-refractivity contribution in [2.45, 2.75) is 64.0 Å². The van der Waals surface area contributed by atoms with E-state index in [1.54, 1.807) is 6.20 Å². The number of para-hydroxylation sites is 1. The second-order valence-corrected chi connectivity index (χ2v) is 8.94. The summed E-state index contributed by atoms with van der Waals surface area (Å²) in [6, 6.07) is 10.5. The molecule has 0 amide bonds. The van der Waals surface area contributed by atoms with Gasteiger partial charge in [0.25, 0.3) is 0 Å². The van der Waals surface area contributed by atoms with Crippen molar-refractivity contribution in [2.75, 3.05) is 5.32 Å². The maximum absolute atomic E-state index is 6.13. The topological polar surface area (TPSA) is 99.0 Å². The Balaban J connectivity index is 1.50. The second-order valence-electron chi connectivity index (χ2n) is 8.94. The lowest BCUT2D eigenvalue weighted by atomic mass is 9.86. The van der Waals surface area contributed by atoms with Gasteiger partial charge in [0.05, 0.1) is 11.9 Å². The van der Waals surface area contributed by atoms with E-state index in [2.05, 4.69) is 41.5 Å². The highest BCUT2D eigenvalue weighted by Gasteiger charge is 2.25. The van der Waals surface area contributed by atoms with E-state index in [4.69, 9.17) is 15.7 Å². The summed E-state index contributed by atoms with van der Waals surface area (Å²) < 4.78 is 3.72. The minimum absolute atomic E-state index is 0.299. The highest BCUT2D eigenvalue weighted by molar-refractivity contribution is 5.53. The quantitative estimate of drug-likeness (QED) is 0.479. The normalized spacial score (nSPS) is 19.0. The first-order valence-electron chi connectivity index (χ1n) is 11.4. The van der Waals surface area contributed by atoms with Crippen molar-refractivity contribution < 1.29 is 0 Å². The summed E-state index contributed by atoms with van der Waals surface area (Å²) in [5, 5.41) is 12.5. The first-order chi connectivity index (χ1) is 15.6. The van der Waals surface area contributed by atoms with Crippen molar-refractivity contribution in [1.29, 1.82) is 0 Å². The minimum atomic E-state index is 0.299. The van der Waals surface area contributed by atoms with Crippen LogP contribution in [0.1, 0.15) is 68.3 Å². The third-order valence-corrected chi connectivity index (χ3v) is 6.35. The highest BCUT2D eigenvalue weighted by atomic mass is 15.3. The number of aromatic nitrogens is 6. The van der Waals surface area contributed by atoms with Crippen molar-refractivity contribution in [1.82, 2.24) is 29.4 Å². The van der Waals surface area contributed by atoms with Crippen LogP contribution in [0.25, 0.3) is 11.3 Å². The number of nitrogens with one attached hydrogen (secondary N) is 1. The van der Waals surface area contributed by atoms with Crippen molar-refractivity contribution in [3.63, 3.8) is 0 Å². The molecular weight excluding hydrogens is 400 g/mol. The molecule has 0 bridgehead atoms. The first-order valence-corrected chi connectivity index (χ1v) is 11.4. The zero-order chi connectivity index (χ0) is 22.1. The first kappa shape index (κ1) is 20.6. The van der Waals surface area contributed by atoms with Gasteiger partial charge in [-0.1, -0.05) is 32.0 Å². The Morgan fingerprint density at radius 1 is 1.06 bits per heavy atom. The predicted molar refractivity (Wildman–Crippen MR) is 125 cm³/mol. The Morgan fingerprint density at radius 2 is 1.88 bits per heavy atom. The monoisotopic (exact) mass is 430 g/mol. The number of fused-ring (bicyclic) bond motifs is 1. The molecule has 5 rings (SSSR count). The van der Waals surface area contributed by atoms with Gasteiger partial charge in [0.15, 0.2) is 5.65 Å². The van der Waals surface area contributed by atoms with Crippen LogP contribution >= 0.6 is 0 Å². The van der Waals surface area contributed by atoms with E-state index in [0.717, 1.165) is 59.9 Å². The average molecular weight is 431 g/mol. The molecule has 8 nitrogen and oxygen atoms in total. The van der Waals surface area contributed by atoms with Crippen molar-refractivity contribution in [2.24, 2.45) is 5.73 Å². The molecule has 1 fully saturated rings. The molecule has 3 N–H and O–H groups in total. The number of benzene rings is 1. The van der Waals surface area contributed by atoms with Crippen LogP contribution in [-0.2, 0) is 6.54 Å². The molecule has 0 atom stereocenters. The van der Waals surface area contributed by atoms with E-state index in [1.165, 1.54) is 0 Å². The zero-order valence-electron chi connectivity index (χ0n) is 18.6. The molecule has 3 heterocycles. The van der Waals surface area contributed by atoms with Crippen LogP contribution in [0.3, 0.4) is 0 Å². The van der Waals surface area contributed by atoms with E-state index in [0.29, 0.717) is 24.4 Å². The van der Waals surface area contributed by atoms with E-state index < -0.39 is 0 Å². The Kier molecular flexibility index (Phi) is 5.61. The summed E-state index contributed by atoms with van der Waals surface area (Å²) in [6.07, 6.45) is 9.77. The van der Waals surface area contributed by atoms with Crippen molar-refractivity contribution in [3.05, 3.63) is 65.9 Å². The summed E-state index contributed by atoms with van der Waals surface area (Å²) in [6.45, 7) is 4.95. The summed E-state index contributed by atoms with van der Waals surface area (Å²) in [7, 11) is 0. The second kappa shape index (κ2) is 8.70. The molecule has 0 saturated heterocycles. The Morgan fingerprint density at radius 3 is 2.62 bits per heavy atom. The van der Waals surface area contributed by atoms with Gasteiger partial charge in [-0.15, -0.1) is 0 Å². The van der Waals surface area contributed by atoms with Crippen molar-refractivity contribution >= 4 is 11.6 Å². The highest BCUT2D eigenvalue weighted by Crippen LogP contribution is 2.32. The fourth-order valence-corrected chi connectivity index (χ4v) is 4.46. The lowest BCUT2D eigenvalue weighted by molar-refractivity contribution is 0.384. The largest absolute Gasteiger partial charge is 0.350 e. The number of anilines is 1. The fourth-order valence-electron chi connectivity index (χ4n) is 4.46. The van der Waals surface area contributed by atoms with Gasteiger partial charge in [0, 0.05) is 36.5 Å². The number of rotatable bonds is 6. The molecule has 166 valence electrons. The molecule has 1 aliphatic carbocycles. The van der Waals surface area contributed by atoms with Crippen LogP contribution in [0.5, 0.6) is 0 Å². The van der Waals surface area contributed by atoms with Crippen LogP contribution in [0, 0.1) is 0 Å². The van der Waals surface area contributed by atoms with Gasteiger partial charge in [-0.25, -0.2) is 9.67 Å². The molecule has 0 radical (unpaired) electrons. The Hall–Kier alpha value is -3.26. The maximum atomic E-state index is 6.13. The lowest BCUT2D eigenvalue weighted by Gasteiger charge is -2.25. The molecule has 1 aliphatic rings. The standard InChI is InChI=1S/C24H30N8/c1-16(2)20-15-28-32-23(20)29-22(17-8-10-19(25)11-9-17)30-24(32)26-14-18-6-3-4-7-21(18)31-13-5-12-27-31/h3-7,12-13,15-17,19H,8-11,14,25H2,1-2H3,(H,26,29,30). The predicted octanol–water partition coefficient (Wildman–Crippen LogP) is 4.03. The van der Waals surface area contributed by atoms with Gasteiger partial charge in [-0.3, -0.25) is 0 Å². The van der Waals surface area contributed by atoms with E-state index >= 15 is 0 Å². The lowest BCUT2D eigenvalue weighted by Crippen LogP contribution is -2.26. The SMILES string of the molecule is CC(C)c1cnn2c(NCc3ccccc3-n3cccn3)nc(C3CCC(N)CC3)nc12. The molecule has 0 spiro atoms. The molecule has 4 aromatic rings. The van der Waals surface area contributed by atoms with E-state index in [-0.39, 0.29) is 0 Å². The molecule has 0 unspecified atom stereocenters. The molecule has 1 saturated carbocycles. The van der Waals surface area contributed by atoms with Gasteiger partial charge in [0.1, 0.15) is 5.82 Å². The zero-order valence-corrected chi connectivity index (χ0v) is 18.6. The van der Waals surface area contributed by atoms with Crippen molar-refractivity contribution in [3.8, 4) is 5.69 Å². The third kappa shape index (κ3) is 3.98. The third-order valence-electron chi connectivity index (χ3n) is 6.35. The molecule has 8 heteroatoms. The summed E-state index contributed by atoms with van der Waals surface area (Å²) in [4.78, 5) is 9.92. The van der Waals surface area contributed by atoms with Crippen LogP contribution in [0.4, 0.5) is 5.95 Å². The summed E-state index contributed by atoms with van der Waals surface area (Å²) >= 11 is 0. The van der Waals surface area contributed by atoms with E-state index in [1.807, 2.05) is 39.8 Å². The Bertz CT molecular complexity index is 1190. The van der Waals surface area contributed by atoms with Crippen LogP contribution in [0.15, 0.2) is 48.9 Å². The van der Waals surface area contributed by atoms with Gasteiger partial charge >= 0.3 is 0 Å². The fraction of sp³-hybridized carbons (Fsp3) is 0.417. The van der Waals surface area contributed by atoms with Crippen LogP contribution < -0.4 is 11.1 Å². The maximum Gasteiger partial charge on any atom is 0.227 e. The molecular formula is C24H30N8. The molecule has 0 aliphatic heterocycles. The molecule has 1 aromatic carbocycles. The van der Waals surface area contributed by atoms with Crippen LogP contribution in [0.2, 0.25) is 0 Å². The average Bonchev–Trinajstić information content (AvgIpc) is 3.48. The summed E-state index contributed by atoms with van der Waals surface area (Å²) in [5.41, 5.74) is 10.3. The number of nitrogens with zero attached hydrogens (tertiary/aromatic N) is 6. The minimum Gasteiger partial charge on any atom is -0.350 e. The smallest absolute Gasteiger partial charge is 0.227 e. The van der Waals surface area contributed by atoms with Gasteiger partial charge in [-0.05, 0) is 49.3 Å². The van der Waals surface area contributed by atoms with Gasteiger partial charge in [-0.2, -0.15) is 19.7 Å². The number of nitrogens with two attached hydrogens (primary N) is 1. The summed E-state index contributed by atoms with van der Waals surface area (Å²) in [5.74, 6) is 2.30. The van der Waals surface area contributed by atoms with Gasteiger partial charge in [0.2, 0.25) is 5.95 Å². The Labute approximate surface area is 187 Å². The number of hydrogen-bond donors (Lipinski definition) is 2. The number of hydrogen-bond acceptors (Lipinski definition) is 6. The molecule has 32 heavy (non-hydrogen) atoms. The molecule has 3 aromatic heterocycles.